The molecule has 2 nitrogen and oxygen atoms in total. The smallest absolute Gasteiger partial charge is 0.205 e. The Balaban J connectivity index is 3.54. The summed E-state index contributed by atoms with van der Waals surface area (Å²) in [6, 6.07) is 1.42. The van der Waals surface area contributed by atoms with Gasteiger partial charge in [0.05, 0.1) is 0 Å². The first-order valence-corrected chi connectivity index (χ1v) is 4.52. The average Bonchev–Trinajstić information content (AvgIpc) is 2.01. The minimum atomic E-state index is -0.396. The maximum Gasteiger partial charge on any atom is 0.419 e. The molecule has 0 aliphatic carbocycles. The minimum absolute atomic E-state index is 0.0837. The van der Waals surface area contributed by atoms with Gasteiger partial charge in [0.25, 0.3) is 0 Å². The summed E-state index contributed by atoms with van der Waals surface area (Å²) in [4.78, 5) is 2.89. The lowest BCUT2D eigenvalue weighted by Gasteiger charge is -1.96. The van der Waals surface area contributed by atoms with E-state index in [0.29, 0.717) is 5.56 Å². The Morgan fingerprint density at radius 3 is 2.75 bits per heavy atom. The molecule has 0 N–H and O–H groups in total. The summed E-state index contributed by atoms with van der Waals surface area (Å²) >= 11 is 7.42. The first kappa shape index (κ1) is 9.68. The van der Waals surface area contributed by atoms with E-state index in [4.69, 9.17) is 17.0 Å². The Bertz CT molecular complexity index is 373. The average molecular weight is 297 g/mol. The summed E-state index contributed by atoms with van der Waals surface area (Å²) in [5.41, 5.74) is 0.525. The van der Waals surface area contributed by atoms with E-state index < -0.39 is 5.82 Å². The maximum atomic E-state index is 13.1. The van der Waals surface area contributed by atoms with Crippen molar-refractivity contribution in [1.29, 1.82) is 5.39 Å². The SMILES string of the molecule is Cc1cc(Cl)c([N+]#N)c(I)c1F. The molecule has 0 aliphatic rings. The van der Waals surface area contributed by atoms with Crippen LogP contribution in [0.25, 0.3) is 4.98 Å². The molecule has 0 fully saturated rings. The molecule has 1 aromatic rings. The van der Waals surface area contributed by atoms with Crippen molar-refractivity contribution in [3.05, 3.63) is 31.0 Å². The number of hydrogen-bond acceptors (Lipinski definition) is 1. The standard InChI is InChI=1S/C7H4ClFIN2/c1-3-2-4(8)7(12-11)6(10)5(3)9/h2H,1H3/q+1. The van der Waals surface area contributed by atoms with Crippen molar-refractivity contribution < 1.29 is 4.39 Å². The zero-order valence-corrected chi connectivity index (χ0v) is 9.02. The van der Waals surface area contributed by atoms with Crippen molar-refractivity contribution in [3.63, 3.8) is 0 Å². The molecule has 0 aromatic heterocycles. The summed E-state index contributed by atoms with van der Waals surface area (Å²) in [5.74, 6) is -0.396. The van der Waals surface area contributed by atoms with E-state index in [1.807, 2.05) is 0 Å². The van der Waals surface area contributed by atoms with Gasteiger partial charge in [-0.1, -0.05) is 11.6 Å². The molecule has 0 bridgehead atoms. The Hall–Kier alpha value is -0.410. The van der Waals surface area contributed by atoms with Gasteiger partial charge in [0.15, 0.2) is 4.98 Å². The molecule has 0 aliphatic heterocycles. The third kappa shape index (κ3) is 1.52. The predicted molar refractivity (Wildman–Crippen MR) is 53.6 cm³/mol. The van der Waals surface area contributed by atoms with E-state index in [9.17, 15) is 4.39 Å². The number of halogens is 3. The van der Waals surface area contributed by atoms with Crippen LogP contribution in [0.3, 0.4) is 0 Å². The van der Waals surface area contributed by atoms with E-state index in [0.717, 1.165) is 0 Å². The van der Waals surface area contributed by atoms with E-state index in [1.165, 1.54) is 6.07 Å². The molecule has 12 heavy (non-hydrogen) atoms. The Labute approximate surface area is 87.5 Å². The summed E-state index contributed by atoms with van der Waals surface area (Å²) in [6.07, 6.45) is 0. The lowest BCUT2D eigenvalue weighted by atomic mass is 10.2. The number of nitrogens with zero attached hydrogens (tertiary/aromatic N) is 2. The molecular weight excluding hydrogens is 293 g/mol. The third-order valence-electron chi connectivity index (χ3n) is 1.42. The largest absolute Gasteiger partial charge is 0.419 e. The quantitative estimate of drug-likeness (QED) is 0.406. The predicted octanol–water partition coefficient (Wildman–Crippen LogP) is 3.88. The van der Waals surface area contributed by atoms with Gasteiger partial charge in [-0.2, -0.15) is 0 Å². The van der Waals surface area contributed by atoms with Crippen molar-refractivity contribution >= 4 is 39.9 Å². The fourth-order valence-corrected chi connectivity index (χ4v) is 2.07. The lowest BCUT2D eigenvalue weighted by Crippen LogP contribution is -1.87. The summed E-state index contributed by atoms with van der Waals surface area (Å²) < 4.78 is 13.4. The highest BCUT2D eigenvalue weighted by molar-refractivity contribution is 14.1. The van der Waals surface area contributed by atoms with Crippen molar-refractivity contribution in [1.82, 2.24) is 0 Å². The molecule has 0 saturated heterocycles. The molecule has 0 radical (unpaired) electrons. The van der Waals surface area contributed by atoms with Crippen molar-refractivity contribution in [2.75, 3.05) is 0 Å². The molecule has 1 rings (SSSR count). The van der Waals surface area contributed by atoms with E-state index in [2.05, 4.69) is 4.98 Å². The fraction of sp³-hybridized carbons (Fsp3) is 0.143. The molecule has 0 unspecified atom stereocenters. The number of benzene rings is 1. The van der Waals surface area contributed by atoms with Gasteiger partial charge >= 0.3 is 5.69 Å². The third-order valence-corrected chi connectivity index (χ3v) is 2.69. The van der Waals surface area contributed by atoms with Crippen LogP contribution in [0.2, 0.25) is 5.02 Å². The van der Waals surface area contributed by atoms with Crippen LogP contribution in [-0.4, -0.2) is 0 Å². The number of rotatable bonds is 0. The van der Waals surface area contributed by atoms with Crippen LogP contribution < -0.4 is 0 Å². The second-order valence-electron chi connectivity index (χ2n) is 2.25. The molecule has 0 saturated carbocycles. The van der Waals surface area contributed by atoms with Crippen LogP contribution in [0.4, 0.5) is 10.1 Å². The molecule has 0 atom stereocenters. The van der Waals surface area contributed by atoms with Crippen molar-refractivity contribution in [2.45, 2.75) is 6.92 Å². The normalized spacial score (nSPS) is 9.58. The Morgan fingerprint density at radius 1 is 1.67 bits per heavy atom. The van der Waals surface area contributed by atoms with Crippen LogP contribution in [-0.2, 0) is 0 Å². The second-order valence-corrected chi connectivity index (χ2v) is 3.74. The Morgan fingerprint density at radius 2 is 2.25 bits per heavy atom. The highest BCUT2D eigenvalue weighted by atomic mass is 127. The van der Waals surface area contributed by atoms with Crippen molar-refractivity contribution in [2.24, 2.45) is 0 Å². The highest BCUT2D eigenvalue weighted by Crippen LogP contribution is 2.33. The van der Waals surface area contributed by atoms with Gasteiger partial charge in [-0.25, -0.2) is 4.39 Å². The first-order valence-electron chi connectivity index (χ1n) is 3.07. The molecule has 0 spiro atoms. The fourth-order valence-electron chi connectivity index (χ4n) is 0.795. The molecule has 0 amide bonds. The number of aryl methyl sites for hydroxylation is 1. The van der Waals surface area contributed by atoms with Gasteiger partial charge in [0.1, 0.15) is 14.4 Å². The lowest BCUT2D eigenvalue weighted by molar-refractivity contribution is 0.612. The maximum absolute atomic E-state index is 13.1. The monoisotopic (exact) mass is 297 g/mol. The van der Waals surface area contributed by atoms with E-state index in [1.54, 1.807) is 29.5 Å². The van der Waals surface area contributed by atoms with Gasteiger partial charge in [0.2, 0.25) is 5.39 Å². The molecular formula is C7H4ClFIN2+. The van der Waals surface area contributed by atoms with Crippen LogP contribution in [0.5, 0.6) is 0 Å². The van der Waals surface area contributed by atoms with Crippen LogP contribution in [0, 0.1) is 21.7 Å². The second kappa shape index (κ2) is 3.54. The minimum Gasteiger partial charge on any atom is -0.205 e. The number of diazo groups is 1. The van der Waals surface area contributed by atoms with Gasteiger partial charge in [0, 0.05) is 0 Å². The van der Waals surface area contributed by atoms with Crippen LogP contribution >= 0.6 is 34.2 Å². The van der Waals surface area contributed by atoms with E-state index >= 15 is 0 Å². The molecule has 1 aromatic carbocycles. The van der Waals surface area contributed by atoms with E-state index in [-0.39, 0.29) is 14.3 Å². The van der Waals surface area contributed by atoms with Gasteiger partial charge < -0.3 is 0 Å². The molecule has 62 valence electrons. The topological polar surface area (TPSA) is 28.1 Å². The molecule has 5 heteroatoms. The Kier molecular flexibility index (Phi) is 2.85. The zero-order valence-electron chi connectivity index (χ0n) is 6.11. The summed E-state index contributed by atoms with van der Waals surface area (Å²) in [7, 11) is 0. The van der Waals surface area contributed by atoms with Crippen LogP contribution in [0.15, 0.2) is 6.07 Å². The van der Waals surface area contributed by atoms with Gasteiger partial charge in [-0.05, 0) is 41.1 Å². The number of hydrogen-bond donors (Lipinski definition) is 0. The first-order chi connectivity index (χ1) is 5.57. The zero-order chi connectivity index (χ0) is 9.30. The van der Waals surface area contributed by atoms with Crippen molar-refractivity contribution in [3.8, 4) is 0 Å². The van der Waals surface area contributed by atoms with Gasteiger partial charge in [-0.3, -0.25) is 0 Å². The van der Waals surface area contributed by atoms with Crippen LogP contribution in [0.1, 0.15) is 5.56 Å². The molecule has 0 heterocycles. The summed E-state index contributed by atoms with van der Waals surface area (Å²) in [5, 5.41) is 8.73. The van der Waals surface area contributed by atoms with Gasteiger partial charge in [-0.15, -0.1) is 0 Å². The summed E-state index contributed by atoms with van der Waals surface area (Å²) in [6.45, 7) is 1.60. The highest BCUT2D eigenvalue weighted by Gasteiger charge is 2.22.